The summed E-state index contributed by atoms with van der Waals surface area (Å²) in [6.45, 7) is 2.24. The molecule has 2 aliphatic rings. The predicted octanol–water partition coefficient (Wildman–Crippen LogP) is 1.07. The van der Waals surface area contributed by atoms with Gasteiger partial charge < -0.3 is 19.8 Å². The Bertz CT molecular complexity index is 373. The molecule has 114 valence electrons. The largest absolute Gasteiger partial charge is 0.481 e. The highest BCUT2D eigenvalue weighted by atomic mass is 16.4. The van der Waals surface area contributed by atoms with E-state index in [1.54, 1.807) is 4.90 Å². The molecule has 0 spiro atoms. The topological polar surface area (TPSA) is 64.1 Å². The molecule has 0 saturated carbocycles. The molecule has 1 N–H and O–H groups in total. The van der Waals surface area contributed by atoms with E-state index in [0.29, 0.717) is 12.6 Å². The van der Waals surface area contributed by atoms with Crippen LogP contribution >= 0.6 is 0 Å². The van der Waals surface area contributed by atoms with Crippen LogP contribution in [0, 0.1) is 0 Å². The Morgan fingerprint density at radius 1 is 1.20 bits per heavy atom. The van der Waals surface area contributed by atoms with E-state index < -0.39 is 5.97 Å². The highest BCUT2D eigenvalue weighted by Crippen LogP contribution is 2.23. The van der Waals surface area contributed by atoms with E-state index in [4.69, 9.17) is 5.11 Å². The summed E-state index contributed by atoms with van der Waals surface area (Å²) in [6.07, 6.45) is 3.93. The molecule has 6 heteroatoms. The number of likely N-dealkylation sites (N-methyl/N-ethyl adjacent to an activating group) is 1. The molecule has 0 aromatic heterocycles. The van der Waals surface area contributed by atoms with Crippen molar-refractivity contribution in [2.24, 2.45) is 0 Å². The second kappa shape index (κ2) is 6.43. The van der Waals surface area contributed by atoms with Crippen LogP contribution in [0.25, 0.3) is 0 Å². The van der Waals surface area contributed by atoms with Crippen molar-refractivity contribution in [1.29, 1.82) is 0 Å². The number of nitrogens with zero attached hydrogens (tertiary/aromatic N) is 3. The van der Waals surface area contributed by atoms with Crippen LogP contribution in [0.3, 0.4) is 0 Å². The number of carbonyl (C=O) groups is 2. The zero-order chi connectivity index (χ0) is 14.7. The molecule has 0 aromatic carbocycles. The first-order chi connectivity index (χ1) is 9.49. The number of amides is 2. The first-order valence-electron chi connectivity index (χ1n) is 7.43. The Morgan fingerprint density at radius 2 is 1.90 bits per heavy atom. The summed E-state index contributed by atoms with van der Waals surface area (Å²) in [7, 11) is 4.09. The number of carbonyl (C=O) groups excluding carboxylic acids is 1. The molecule has 2 atom stereocenters. The van der Waals surface area contributed by atoms with Gasteiger partial charge in [0.05, 0.1) is 6.42 Å². The molecule has 0 aliphatic carbocycles. The van der Waals surface area contributed by atoms with Crippen molar-refractivity contribution in [2.45, 2.75) is 44.2 Å². The Morgan fingerprint density at radius 3 is 2.55 bits per heavy atom. The smallest absolute Gasteiger partial charge is 0.320 e. The maximum Gasteiger partial charge on any atom is 0.320 e. The fourth-order valence-electron chi connectivity index (χ4n) is 3.23. The number of likely N-dealkylation sites (tertiary alicyclic amines) is 2. The van der Waals surface area contributed by atoms with Crippen LogP contribution in [0.4, 0.5) is 4.79 Å². The third-order valence-corrected chi connectivity index (χ3v) is 4.43. The Labute approximate surface area is 120 Å². The number of urea groups is 1. The Balaban J connectivity index is 1.97. The van der Waals surface area contributed by atoms with Crippen molar-refractivity contribution < 1.29 is 14.7 Å². The Hall–Kier alpha value is -1.30. The number of hydrogen-bond acceptors (Lipinski definition) is 3. The van der Waals surface area contributed by atoms with E-state index in [2.05, 4.69) is 4.90 Å². The normalized spacial score (nSPS) is 27.1. The van der Waals surface area contributed by atoms with Crippen LogP contribution in [-0.4, -0.2) is 77.6 Å². The molecule has 2 saturated heterocycles. The molecule has 2 fully saturated rings. The van der Waals surface area contributed by atoms with E-state index in [1.807, 2.05) is 19.0 Å². The van der Waals surface area contributed by atoms with Crippen LogP contribution < -0.4 is 0 Å². The molecule has 2 unspecified atom stereocenters. The molecule has 6 nitrogen and oxygen atoms in total. The van der Waals surface area contributed by atoms with E-state index in [-0.39, 0.29) is 18.5 Å². The highest BCUT2D eigenvalue weighted by Gasteiger charge is 2.35. The second-order valence-electron chi connectivity index (χ2n) is 6.08. The van der Waals surface area contributed by atoms with Gasteiger partial charge in [-0.3, -0.25) is 4.79 Å². The van der Waals surface area contributed by atoms with Crippen molar-refractivity contribution in [3.05, 3.63) is 0 Å². The third kappa shape index (κ3) is 3.42. The molecule has 2 heterocycles. The monoisotopic (exact) mass is 283 g/mol. The maximum atomic E-state index is 12.6. The summed E-state index contributed by atoms with van der Waals surface area (Å²) in [4.78, 5) is 29.3. The summed E-state index contributed by atoms with van der Waals surface area (Å²) < 4.78 is 0. The van der Waals surface area contributed by atoms with Gasteiger partial charge >= 0.3 is 12.0 Å². The molecule has 20 heavy (non-hydrogen) atoms. The standard InChI is InChI=1S/C14H25N3O3/c1-15(2)12-6-3-7-16(10-12)14(20)17-8-4-5-11(17)9-13(18)19/h11-12H,3-10H2,1-2H3,(H,18,19). The number of carboxylic acid groups (broad SMARTS) is 1. The number of rotatable bonds is 3. The van der Waals surface area contributed by atoms with Crippen LogP contribution in [-0.2, 0) is 4.79 Å². The average molecular weight is 283 g/mol. The van der Waals surface area contributed by atoms with Gasteiger partial charge in [0.15, 0.2) is 0 Å². The summed E-state index contributed by atoms with van der Waals surface area (Å²) in [5, 5.41) is 8.94. The summed E-state index contributed by atoms with van der Waals surface area (Å²) in [5.74, 6) is -0.820. The number of aliphatic carboxylic acids is 1. The van der Waals surface area contributed by atoms with E-state index in [0.717, 1.165) is 38.8 Å². The third-order valence-electron chi connectivity index (χ3n) is 4.43. The summed E-state index contributed by atoms with van der Waals surface area (Å²) in [5.41, 5.74) is 0. The van der Waals surface area contributed by atoms with Gasteiger partial charge in [0.25, 0.3) is 0 Å². The van der Waals surface area contributed by atoms with Gasteiger partial charge in [-0.2, -0.15) is 0 Å². The number of hydrogen-bond donors (Lipinski definition) is 1. The summed E-state index contributed by atoms with van der Waals surface area (Å²) >= 11 is 0. The molecule has 0 bridgehead atoms. The fourth-order valence-corrected chi connectivity index (χ4v) is 3.23. The van der Waals surface area contributed by atoms with E-state index in [1.165, 1.54) is 0 Å². The van der Waals surface area contributed by atoms with Gasteiger partial charge in [0, 0.05) is 31.7 Å². The average Bonchev–Trinajstić information content (AvgIpc) is 2.85. The van der Waals surface area contributed by atoms with Gasteiger partial charge in [0.1, 0.15) is 0 Å². The first-order valence-corrected chi connectivity index (χ1v) is 7.43. The number of piperidine rings is 1. The van der Waals surface area contributed by atoms with Crippen molar-refractivity contribution in [3.63, 3.8) is 0 Å². The van der Waals surface area contributed by atoms with Gasteiger partial charge in [-0.1, -0.05) is 0 Å². The van der Waals surface area contributed by atoms with Crippen molar-refractivity contribution in [3.8, 4) is 0 Å². The minimum atomic E-state index is -0.820. The Kier molecular flexibility index (Phi) is 4.86. The SMILES string of the molecule is CN(C)C1CCCN(C(=O)N2CCCC2CC(=O)O)C1. The van der Waals surface area contributed by atoms with Crippen LogP contribution in [0.2, 0.25) is 0 Å². The molecule has 0 aromatic rings. The zero-order valence-corrected chi connectivity index (χ0v) is 12.4. The van der Waals surface area contributed by atoms with E-state index in [9.17, 15) is 9.59 Å². The second-order valence-corrected chi connectivity index (χ2v) is 6.08. The van der Waals surface area contributed by atoms with Crippen LogP contribution in [0.15, 0.2) is 0 Å². The maximum absolute atomic E-state index is 12.6. The van der Waals surface area contributed by atoms with E-state index >= 15 is 0 Å². The van der Waals surface area contributed by atoms with Gasteiger partial charge in [-0.15, -0.1) is 0 Å². The lowest BCUT2D eigenvalue weighted by Gasteiger charge is -2.39. The van der Waals surface area contributed by atoms with Crippen LogP contribution in [0.1, 0.15) is 32.1 Å². The van der Waals surface area contributed by atoms with Gasteiger partial charge in [0.2, 0.25) is 0 Å². The molecule has 2 rings (SSSR count). The van der Waals surface area contributed by atoms with Crippen molar-refractivity contribution in [2.75, 3.05) is 33.7 Å². The molecule has 2 amide bonds. The van der Waals surface area contributed by atoms with Gasteiger partial charge in [-0.25, -0.2) is 4.79 Å². The lowest BCUT2D eigenvalue weighted by molar-refractivity contribution is -0.138. The highest BCUT2D eigenvalue weighted by molar-refractivity contribution is 5.76. The number of carboxylic acids is 1. The lowest BCUT2D eigenvalue weighted by Crippen LogP contribution is -2.53. The first kappa shape index (κ1) is 15.1. The van der Waals surface area contributed by atoms with Crippen molar-refractivity contribution >= 4 is 12.0 Å². The van der Waals surface area contributed by atoms with Gasteiger partial charge in [-0.05, 0) is 39.8 Å². The van der Waals surface area contributed by atoms with Crippen LogP contribution in [0.5, 0.6) is 0 Å². The fraction of sp³-hybridized carbons (Fsp3) is 0.857. The minimum absolute atomic E-state index is 0.0281. The minimum Gasteiger partial charge on any atom is -0.481 e. The molecule has 0 radical (unpaired) electrons. The van der Waals surface area contributed by atoms with Crippen molar-refractivity contribution in [1.82, 2.24) is 14.7 Å². The molecule has 2 aliphatic heterocycles. The molecular formula is C14H25N3O3. The predicted molar refractivity (Wildman–Crippen MR) is 75.7 cm³/mol. The summed E-state index contributed by atoms with van der Waals surface area (Å²) in [6, 6.07) is 0.313. The zero-order valence-electron chi connectivity index (χ0n) is 12.4. The lowest BCUT2D eigenvalue weighted by atomic mass is 10.1. The molecular weight excluding hydrogens is 258 g/mol. The quantitative estimate of drug-likeness (QED) is 0.841.